The number of rotatable bonds is 6. The van der Waals surface area contributed by atoms with Gasteiger partial charge in [-0.05, 0) is 29.8 Å². The number of anilines is 2. The summed E-state index contributed by atoms with van der Waals surface area (Å²) in [6.07, 6.45) is 0. The molecule has 1 atom stereocenters. The van der Waals surface area contributed by atoms with Gasteiger partial charge in [-0.15, -0.1) is 5.10 Å². The fourth-order valence-electron chi connectivity index (χ4n) is 3.28. The zero-order valence-electron chi connectivity index (χ0n) is 17.1. The molecular formula is C22H25N5O3. The molecule has 8 nitrogen and oxygen atoms in total. The first-order valence-corrected chi connectivity index (χ1v) is 9.91. The fraction of sp³-hybridized carbons (Fsp3) is 0.318. The van der Waals surface area contributed by atoms with Gasteiger partial charge in [-0.2, -0.15) is 0 Å². The van der Waals surface area contributed by atoms with E-state index in [0.29, 0.717) is 43.8 Å². The van der Waals surface area contributed by atoms with Crippen molar-refractivity contribution in [3.05, 3.63) is 71.6 Å². The minimum absolute atomic E-state index is 0.208. The maximum atomic E-state index is 12.9. The van der Waals surface area contributed by atoms with Crippen molar-refractivity contribution in [1.29, 1.82) is 0 Å². The molecule has 1 N–H and O–H groups in total. The van der Waals surface area contributed by atoms with Gasteiger partial charge in [0.25, 0.3) is 5.91 Å². The Morgan fingerprint density at radius 3 is 2.40 bits per heavy atom. The zero-order chi connectivity index (χ0) is 20.9. The summed E-state index contributed by atoms with van der Waals surface area (Å²) >= 11 is 0. The van der Waals surface area contributed by atoms with Crippen molar-refractivity contribution in [2.45, 2.75) is 6.04 Å². The summed E-state index contributed by atoms with van der Waals surface area (Å²) in [5.41, 5.74) is 2.46. The van der Waals surface area contributed by atoms with Crippen LogP contribution in [0.4, 0.5) is 11.7 Å². The number of carbonyl (C=O) groups excluding carboxylic acids is 1. The van der Waals surface area contributed by atoms with Crippen LogP contribution in [0, 0.1) is 0 Å². The highest BCUT2D eigenvalue weighted by atomic mass is 16.5. The van der Waals surface area contributed by atoms with Crippen LogP contribution < -0.4 is 15.1 Å². The molecule has 0 radical (unpaired) electrons. The van der Waals surface area contributed by atoms with E-state index in [4.69, 9.17) is 9.15 Å². The van der Waals surface area contributed by atoms with E-state index in [0.717, 1.165) is 11.3 Å². The number of benzene rings is 2. The molecule has 0 spiro atoms. The molecule has 2 heterocycles. The Labute approximate surface area is 175 Å². The summed E-state index contributed by atoms with van der Waals surface area (Å²) in [5, 5.41) is 11.5. The Morgan fingerprint density at radius 2 is 1.73 bits per heavy atom. The third-order valence-corrected chi connectivity index (χ3v) is 5.01. The van der Waals surface area contributed by atoms with E-state index >= 15 is 0 Å². The third kappa shape index (κ3) is 4.44. The second kappa shape index (κ2) is 8.96. The molecule has 1 unspecified atom stereocenters. The quantitative estimate of drug-likeness (QED) is 0.672. The van der Waals surface area contributed by atoms with Crippen molar-refractivity contribution in [2.75, 3.05) is 50.2 Å². The number of nitrogens with one attached hydrogen (secondary N) is 1. The molecule has 1 amide bonds. The molecule has 30 heavy (non-hydrogen) atoms. The summed E-state index contributed by atoms with van der Waals surface area (Å²) < 4.78 is 11.3. The number of carbonyl (C=O) groups is 1. The minimum Gasteiger partial charge on any atom is -0.405 e. The number of aromatic nitrogens is 2. The minimum atomic E-state index is -0.547. The monoisotopic (exact) mass is 407 g/mol. The van der Waals surface area contributed by atoms with E-state index in [2.05, 4.69) is 15.5 Å². The molecule has 3 aromatic rings. The van der Waals surface area contributed by atoms with E-state index in [9.17, 15) is 4.79 Å². The molecular weight excluding hydrogens is 382 g/mol. The van der Waals surface area contributed by atoms with Crippen molar-refractivity contribution in [1.82, 2.24) is 15.5 Å². The first-order valence-electron chi connectivity index (χ1n) is 9.91. The first-order chi connectivity index (χ1) is 14.6. The highest BCUT2D eigenvalue weighted by molar-refractivity contribution is 5.95. The fourth-order valence-corrected chi connectivity index (χ4v) is 3.28. The number of hydrogen-bond donors (Lipinski definition) is 1. The smallest absolute Gasteiger partial charge is 0.318 e. The predicted molar refractivity (Wildman–Crippen MR) is 114 cm³/mol. The normalized spacial score (nSPS) is 14.9. The van der Waals surface area contributed by atoms with Gasteiger partial charge in [-0.3, -0.25) is 4.79 Å². The summed E-state index contributed by atoms with van der Waals surface area (Å²) in [5.74, 6) is 0.140. The molecule has 0 saturated carbocycles. The van der Waals surface area contributed by atoms with Crippen molar-refractivity contribution in [3.63, 3.8) is 0 Å². The SMILES string of the molecule is CN(C)c1ccc(C(=O)NC(c2ccccc2)c2nnc(N3CCOCC3)o2)cc1. The van der Waals surface area contributed by atoms with Gasteiger partial charge in [0.1, 0.15) is 6.04 Å². The molecule has 2 aromatic carbocycles. The van der Waals surface area contributed by atoms with Crippen LogP contribution in [-0.2, 0) is 4.74 Å². The molecule has 8 heteroatoms. The van der Waals surface area contributed by atoms with E-state index in [1.807, 2.05) is 66.4 Å². The molecule has 1 aromatic heterocycles. The lowest BCUT2D eigenvalue weighted by molar-refractivity contribution is 0.0937. The van der Waals surface area contributed by atoms with Crippen molar-refractivity contribution < 1.29 is 13.9 Å². The van der Waals surface area contributed by atoms with E-state index in [1.54, 1.807) is 12.1 Å². The Hall–Kier alpha value is -3.39. The maximum Gasteiger partial charge on any atom is 0.318 e. The van der Waals surface area contributed by atoms with Crippen molar-refractivity contribution >= 4 is 17.6 Å². The lowest BCUT2D eigenvalue weighted by Crippen LogP contribution is -2.36. The van der Waals surface area contributed by atoms with Gasteiger partial charge in [0.05, 0.1) is 13.2 Å². The second-order valence-electron chi connectivity index (χ2n) is 7.28. The van der Waals surface area contributed by atoms with Gasteiger partial charge < -0.3 is 24.3 Å². The Bertz CT molecular complexity index is 966. The lowest BCUT2D eigenvalue weighted by atomic mass is 10.1. The molecule has 1 saturated heterocycles. The van der Waals surface area contributed by atoms with Crippen LogP contribution in [0.25, 0.3) is 0 Å². The second-order valence-corrected chi connectivity index (χ2v) is 7.28. The average molecular weight is 407 g/mol. The number of hydrogen-bond acceptors (Lipinski definition) is 7. The van der Waals surface area contributed by atoms with Gasteiger partial charge in [0.15, 0.2) is 0 Å². The molecule has 0 aliphatic carbocycles. The first kappa shape index (κ1) is 19.9. The van der Waals surface area contributed by atoms with Gasteiger partial charge in [0.2, 0.25) is 5.89 Å². The number of amides is 1. The summed E-state index contributed by atoms with van der Waals surface area (Å²) in [6.45, 7) is 2.64. The van der Waals surface area contributed by atoms with E-state index in [1.165, 1.54) is 0 Å². The van der Waals surface area contributed by atoms with Gasteiger partial charge in [0, 0.05) is 38.4 Å². The van der Waals surface area contributed by atoms with Crippen molar-refractivity contribution in [2.24, 2.45) is 0 Å². The number of morpholine rings is 1. The Balaban J connectivity index is 1.58. The number of ether oxygens (including phenoxy) is 1. The van der Waals surface area contributed by atoms with Crippen LogP contribution in [0.3, 0.4) is 0 Å². The van der Waals surface area contributed by atoms with Gasteiger partial charge in [-0.25, -0.2) is 0 Å². The molecule has 4 rings (SSSR count). The van der Waals surface area contributed by atoms with Crippen LogP contribution in [-0.4, -0.2) is 56.5 Å². The summed E-state index contributed by atoms with van der Waals surface area (Å²) in [4.78, 5) is 16.9. The van der Waals surface area contributed by atoms with E-state index < -0.39 is 6.04 Å². The van der Waals surface area contributed by atoms with Crippen molar-refractivity contribution in [3.8, 4) is 0 Å². The molecule has 1 aliphatic heterocycles. The molecule has 0 bridgehead atoms. The standard InChI is InChI=1S/C22H25N5O3/c1-26(2)18-10-8-17(9-11-18)20(28)23-19(16-6-4-3-5-7-16)21-24-25-22(30-21)27-12-14-29-15-13-27/h3-11,19H,12-15H2,1-2H3,(H,23,28). The highest BCUT2D eigenvalue weighted by Crippen LogP contribution is 2.25. The molecule has 1 aliphatic rings. The average Bonchev–Trinajstić information content (AvgIpc) is 3.28. The van der Waals surface area contributed by atoms with Gasteiger partial charge in [-0.1, -0.05) is 35.4 Å². The largest absolute Gasteiger partial charge is 0.405 e. The topological polar surface area (TPSA) is 83.7 Å². The maximum absolute atomic E-state index is 12.9. The van der Waals surface area contributed by atoms with Gasteiger partial charge >= 0.3 is 6.01 Å². The third-order valence-electron chi connectivity index (χ3n) is 5.01. The summed E-state index contributed by atoms with van der Waals surface area (Å²) in [6, 6.07) is 16.9. The van der Waals surface area contributed by atoms with E-state index in [-0.39, 0.29) is 5.91 Å². The summed E-state index contributed by atoms with van der Waals surface area (Å²) in [7, 11) is 3.92. The number of nitrogens with zero attached hydrogens (tertiary/aromatic N) is 4. The molecule has 1 fully saturated rings. The van der Waals surface area contributed by atoms with Crippen LogP contribution >= 0.6 is 0 Å². The highest BCUT2D eigenvalue weighted by Gasteiger charge is 2.25. The predicted octanol–water partition coefficient (Wildman–Crippen LogP) is 2.49. The van der Waals surface area contributed by atoms with Crippen LogP contribution in [0.5, 0.6) is 0 Å². The Morgan fingerprint density at radius 1 is 1.03 bits per heavy atom. The Kier molecular flexibility index (Phi) is 5.94. The molecule has 156 valence electrons. The van der Waals surface area contributed by atoms with Crippen LogP contribution in [0.15, 0.2) is 59.0 Å². The van der Waals surface area contributed by atoms with Crippen LogP contribution in [0.1, 0.15) is 27.9 Å². The zero-order valence-corrected chi connectivity index (χ0v) is 17.1. The van der Waals surface area contributed by atoms with Crippen LogP contribution in [0.2, 0.25) is 0 Å². The lowest BCUT2D eigenvalue weighted by Gasteiger charge is -2.24.